The number of rotatable bonds is 3. The van der Waals surface area contributed by atoms with Gasteiger partial charge in [0, 0.05) is 19.3 Å². The van der Waals surface area contributed by atoms with Crippen molar-refractivity contribution >= 4 is 17.6 Å². The second-order valence-corrected chi connectivity index (χ2v) is 4.85. The highest BCUT2D eigenvalue weighted by atomic mass is 32.2. The van der Waals surface area contributed by atoms with Gasteiger partial charge in [0.25, 0.3) is 0 Å². The predicted molar refractivity (Wildman–Crippen MR) is 56.1 cm³/mol. The van der Waals surface area contributed by atoms with Gasteiger partial charge in [0.1, 0.15) is 5.84 Å². The summed E-state index contributed by atoms with van der Waals surface area (Å²) in [6.07, 6.45) is 5.52. The van der Waals surface area contributed by atoms with Crippen molar-refractivity contribution in [1.82, 2.24) is 4.90 Å². The second-order valence-electron chi connectivity index (χ2n) is 3.56. The molecule has 12 heavy (non-hydrogen) atoms. The third-order valence-corrected chi connectivity index (χ3v) is 3.68. The zero-order chi connectivity index (χ0) is 8.97. The first-order valence-corrected chi connectivity index (χ1v) is 5.61. The summed E-state index contributed by atoms with van der Waals surface area (Å²) in [6.45, 7) is 0. The Kier molecular flexibility index (Phi) is 3.92. The van der Waals surface area contributed by atoms with Crippen LogP contribution in [0, 0.1) is 5.41 Å². The van der Waals surface area contributed by atoms with Crippen molar-refractivity contribution in [2.45, 2.75) is 30.9 Å². The second kappa shape index (κ2) is 4.75. The molecule has 0 unspecified atom stereocenters. The van der Waals surface area contributed by atoms with Crippen molar-refractivity contribution in [2.75, 3.05) is 19.8 Å². The van der Waals surface area contributed by atoms with Crippen LogP contribution in [0.15, 0.2) is 0 Å². The molecule has 0 saturated heterocycles. The molecule has 1 N–H and O–H groups in total. The summed E-state index contributed by atoms with van der Waals surface area (Å²) >= 11 is 1.95. The first-order chi connectivity index (χ1) is 5.70. The molecule has 0 radical (unpaired) electrons. The molecule has 0 aliphatic heterocycles. The molecule has 1 aliphatic rings. The van der Waals surface area contributed by atoms with Crippen molar-refractivity contribution in [3.63, 3.8) is 0 Å². The average Bonchev–Trinajstić information content (AvgIpc) is 2.51. The van der Waals surface area contributed by atoms with Crippen LogP contribution in [0.5, 0.6) is 0 Å². The van der Waals surface area contributed by atoms with E-state index in [1.807, 2.05) is 30.8 Å². The first-order valence-electron chi connectivity index (χ1n) is 4.56. The standard InChI is InChI=1S/C9H18N2S/c1-11(2)9(10)7-12-8-5-3-4-6-8/h8,10H,3-7H2,1-2H3. The summed E-state index contributed by atoms with van der Waals surface area (Å²) in [7, 11) is 3.88. The van der Waals surface area contributed by atoms with Crippen molar-refractivity contribution in [1.29, 1.82) is 5.41 Å². The summed E-state index contributed by atoms with van der Waals surface area (Å²) in [6, 6.07) is 0. The van der Waals surface area contributed by atoms with Gasteiger partial charge in [-0.05, 0) is 12.8 Å². The monoisotopic (exact) mass is 186 g/mol. The van der Waals surface area contributed by atoms with Gasteiger partial charge >= 0.3 is 0 Å². The molecule has 2 nitrogen and oxygen atoms in total. The number of nitrogens with one attached hydrogen (secondary N) is 1. The van der Waals surface area contributed by atoms with Crippen LogP contribution in [-0.2, 0) is 0 Å². The van der Waals surface area contributed by atoms with Gasteiger partial charge in [-0.3, -0.25) is 5.41 Å². The topological polar surface area (TPSA) is 27.1 Å². The third-order valence-electron chi connectivity index (χ3n) is 2.30. The number of thioether (sulfide) groups is 1. The summed E-state index contributed by atoms with van der Waals surface area (Å²) in [4.78, 5) is 1.89. The summed E-state index contributed by atoms with van der Waals surface area (Å²) in [5.41, 5.74) is 0. The Bertz CT molecular complexity index is 151. The zero-order valence-corrected chi connectivity index (χ0v) is 8.78. The number of hydrogen-bond acceptors (Lipinski definition) is 2. The van der Waals surface area contributed by atoms with Gasteiger partial charge in [0.2, 0.25) is 0 Å². The van der Waals surface area contributed by atoms with Gasteiger partial charge in [0.05, 0.1) is 5.75 Å². The van der Waals surface area contributed by atoms with Gasteiger partial charge in [0.15, 0.2) is 0 Å². The lowest BCUT2D eigenvalue weighted by Gasteiger charge is -2.15. The highest BCUT2D eigenvalue weighted by molar-refractivity contribution is 8.00. The smallest absolute Gasteiger partial charge is 0.105 e. The Morgan fingerprint density at radius 1 is 1.42 bits per heavy atom. The lowest BCUT2D eigenvalue weighted by Crippen LogP contribution is -2.23. The van der Waals surface area contributed by atoms with Crippen LogP contribution in [-0.4, -0.2) is 35.8 Å². The lowest BCUT2D eigenvalue weighted by atomic mass is 10.4. The Morgan fingerprint density at radius 3 is 2.50 bits per heavy atom. The molecule has 0 aromatic carbocycles. The molecule has 0 aromatic rings. The van der Waals surface area contributed by atoms with Crippen LogP contribution in [0.4, 0.5) is 0 Å². The van der Waals surface area contributed by atoms with E-state index in [9.17, 15) is 0 Å². The minimum atomic E-state index is 0.743. The molecular formula is C9H18N2S. The molecule has 0 atom stereocenters. The van der Waals surface area contributed by atoms with E-state index in [0.717, 1.165) is 16.8 Å². The van der Waals surface area contributed by atoms with E-state index in [2.05, 4.69) is 0 Å². The van der Waals surface area contributed by atoms with E-state index in [1.54, 1.807) is 0 Å². The molecule has 0 amide bonds. The molecule has 1 aliphatic carbocycles. The molecule has 1 rings (SSSR count). The highest BCUT2D eigenvalue weighted by Gasteiger charge is 2.15. The van der Waals surface area contributed by atoms with Crippen LogP contribution in [0.25, 0.3) is 0 Å². The summed E-state index contributed by atoms with van der Waals surface area (Å²) < 4.78 is 0. The first kappa shape index (κ1) is 9.90. The Morgan fingerprint density at radius 2 is 2.00 bits per heavy atom. The molecule has 0 heterocycles. The Balaban J connectivity index is 2.12. The molecule has 70 valence electrons. The van der Waals surface area contributed by atoms with Crippen LogP contribution < -0.4 is 0 Å². The van der Waals surface area contributed by atoms with Gasteiger partial charge in [-0.2, -0.15) is 11.8 Å². The van der Waals surface area contributed by atoms with Crippen molar-refractivity contribution < 1.29 is 0 Å². The van der Waals surface area contributed by atoms with Crippen molar-refractivity contribution in [3.05, 3.63) is 0 Å². The fourth-order valence-electron chi connectivity index (χ4n) is 1.38. The number of hydrogen-bond donors (Lipinski definition) is 1. The molecule has 1 saturated carbocycles. The van der Waals surface area contributed by atoms with E-state index in [0.29, 0.717) is 0 Å². The lowest BCUT2D eigenvalue weighted by molar-refractivity contribution is 0.615. The van der Waals surface area contributed by atoms with Crippen LogP contribution in [0.3, 0.4) is 0 Å². The Hall–Kier alpha value is -0.180. The van der Waals surface area contributed by atoms with E-state index in [4.69, 9.17) is 5.41 Å². The van der Waals surface area contributed by atoms with E-state index in [-0.39, 0.29) is 0 Å². The number of nitrogens with zero attached hydrogens (tertiary/aromatic N) is 1. The third kappa shape index (κ3) is 3.05. The van der Waals surface area contributed by atoms with Crippen LogP contribution in [0.2, 0.25) is 0 Å². The number of amidine groups is 1. The highest BCUT2D eigenvalue weighted by Crippen LogP contribution is 2.29. The average molecular weight is 186 g/mol. The van der Waals surface area contributed by atoms with Gasteiger partial charge in [-0.1, -0.05) is 12.8 Å². The normalized spacial score (nSPS) is 18.2. The van der Waals surface area contributed by atoms with E-state index < -0.39 is 0 Å². The Labute approximate surface area is 79.2 Å². The predicted octanol–water partition coefficient (Wildman–Crippen LogP) is 2.20. The fourth-order valence-corrected chi connectivity index (χ4v) is 2.70. The molecule has 0 spiro atoms. The fraction of sp³-hybridized carbons (Fsp3) is 0.889. The quantitative estimate of drug-likeness (QED) is 0.540. The maximum Gasteiger partial charge on any atom is 0.105 e. The molecule has 3 heteroatoms. The maximum atomic E-state index is 7.61. The van der Waals surface area contributed by atoms with Crippen molar-refractivity contribution in [3.8, 4) is 0 Å². The minimum absolute atomic E-state index is 0.743. The van der Waals surface area contributed by atoms with Gasteiger partial charge < -0.3 is 4.90 Å². The van der Waals surface area contributed by atoms with Crippen LogP contribution in [0.1, 0.15) is 25.7 Å². The van der Waals surface area contributed by atoms with Gasteiger partial charge in [-0.15, -0.1) is 0 Å². The minimum Gasteiger partial charge on any atom is -0.366 e. The van der Waals surface area contributed by atoms with Gasteiger partial charge in [-0.25, -0.2) is 0 Å². The molecule has 0 bridgehead atoms. The SMILES string of the molecule is CN(C)C(=N)CSC1CCCC1. The summed E-state index contributed by atoms with van der Waals surface area (Å²) in [5.74, 6) is 1.63. The largest absolute Gasteiger partial charge is 0.366 e. The maximum absolute atomic E-state index is 7.61. The summed E-state index contributed by atoms with van der Waals surface area (Å²) in [5, 5.41) is 8.45. The molecule has 1 fully saturated rings. The zero-order valence-electron chi connectivity index (χ0n) is 7.97. The van der Waals surface area contributed by atoms with E-state index in [1.165, 1.54) is 25.7 Å². The molecule has 0 aromatic heterocycles. The van der Waals surface area contributed by atoms with Crippen LogP contribution >= 0.6 is 11.8 Å². The van der Waals surface area contributed by atoms with E-state index >= 15 is 0 Å². The van der Waals surface area contributed by atoms with Crippen molar-refractivity contribution in [2.24, 2.45) is 0 Å². The molecular weight excluding hydrogens is 168 g/mol.